The number of aryl methyl sites for hydroxylation is 1. The van der Waals surface area contributed by atoms with Crippen molar-refractivity contribution in [2.24, 2.45) is 0 Å². The molecule has 0 radical (unpaired) electrons. The zero-order valence-electron chi connectivity index (χ0n) is 11.2. The monoisotopic (exact) mass is 336 g/mol. The lowest BCUT2D eigenvalue weighted by Crippen LogP contribution is -2.03. The molecule has 20 heavy (non-hydrogen) atoms. The summed E-state index contributed by atoms with van der Waals surface area (Å²) in [6.45, 7) is 4.10. The molecule has 104 valence electrons. The summed E-state index contributed by atoms with van der Waals surface area (Å²) in [5.41, 5.74) is 1.35. The van der Waals surface area contributed by atoms with Crippen LogP contribution in [-0.2, 0) is 0 Å². The van der Waals surface area contributed by atoms with Crippen LogP contribution in [0.25, 0.3) is 0 Å². The molecule has 0 aliphatic carbocycles. The molecule has 2 nitrogen and oxygen atoms in total. The molecule has 0 saturated heterocycles. The first-order valence-corrected chi connectivity index (χ1v) is 7.05. The molecule has 0 amide bonds. The van der Waals surface area contributed by atoms with Crippen molar-refractivity contribution in [3.8, 4) is 5.75 Å². The minimum Gasteiger partial charge on any atom is -0.493 e. The first-order valence-electron chi connectivity index (χ1n) is 6.26. The summed E-state index contributed by atoms with van der Waals surface area (Å²) >= 11 is 3.36. The molecule has 2 aromatic rings. The van der Waals surface area contributed by atoms with Crippen LogP contribution >= 0.6 is 15.9 Å². The zero-order chi connectivity index (χ0) is 14.7. The highest BCUT2D eigenvalue weighted by Gasteiger charge is 2.13. The molecule has 0 saturated carbocycles. The summed E-state index contributed by atoms with van der Waals surface area (Å²) < 4.78 is 19.6. The van der Waals surface area contributed by atoms with Crippen molar-refractivity contribution in [3.63, 3.8) is 0 Å². The third kappa shape index (κ3) is 3.07. The molecule has 0 N–H and O–H groups in total. The van der Waals surface area contributed by atoms with Gasteiger partial charge in [0.1, 0.15) is 11.6 Å². The van der Waals surface area contributed by atoms with E-state index in [1.165, 1.54) is 6.07 Å². The van der Waals surface area contributed by atoms with Gasteiger partial charge in [0, 0.05) is 11.1 Å². The lowest BCUT2D eigenvalue weighted by atomic mass is 10.0. The van der Waals surface area contributed by atoms with Gasteiger partial charge in [-0.2, -0.15) is 0 Å². The fourth-order valence-corrected chi connectivity index (χ4v) is 2.31. The summed E-state index contributed by atoms with van der Waals surface area (Å²) in [4.78, 5) is 12.3. The van der Waals surface area contributed by atoms with E-state index in [1.54, 1.807) is 37.3 Å². The maximum atomic E-state index is 13.5. The Kier molecular flexibility index (Phi) is 4.55. The lowest BCUT2D eigenvalue weighted by molar-refractivity contribution is 0.103. The lowest BCUT2D eigenvalue weighted by Gasteiger charge is -2.08. The number of benzene rings is 2. The summed E-state index contributed by atoms with van der Waals surface area (Å²) in [6, 6.07) is 9.59. The molecular formula is C16H14BrFO2. The molecule has 0 unspecified atom stereocenters. The van der Waals surface area contributed by atoms with Crippen LogP contribution in [0.15, 0.2) is 40.9 Å². The van der Waals surface area contributed by atoms with E-state index in [4.69, 9.17) is 4.74 Å². The molecule has 0 heterocycles. The van der Waals surface area contributed by atoms with Gasteiger partial charge in [-0.05, 0) is 59.6 Å². The van der Waals surface area contributed by atoms with Gasteiger partial charge in [-0.1, -0.05) is 12.1 Å². The quantitative estimate of drug-likeness (QED) is 0.767. The Hall–Kier alpha value is -1.68. The Bertz CT molecular complexity index is 653. The number of carbonyl (C=O) groups is 1. The van der Waals surface area contributed by atoms with Gasteiger partial charge >= 0.3 is 0 Å². The molecular weight excluding hydrogens is 323 g/mol. The molecule has 2 aromatic carbocycles. The fourth-order valence-electron chi connectivity index (χ4n) is 1.82. The smallest absolute Gasteiger partial charge is 0.193 e. The van der Waals surface area contributed by atoms with Crippen LogP contribution in [-0.4, -0.2) is 12.4 Å². The predicted molar refractivity (Wildman–Crippen MR) is 79.9 cm³/mol. The summed E-state index contributed by atoms with van der Waals surface area (Å²) in [7, 11) is 0. The first-order chi connectivity index (χ1) is 9.52. The topological polar surface area (TPSA) is 26.3 Å². The molecule has 0 bridgehead atoms. The molecule has 0 fully saturated rings. The van der Waals surface area contributed by atoms with Gasteiger partial charge in [-0.3, -0.25) is 4.79 Å². The van der Waals surface area contributed by atoms with E-state index in [1.807, 2.05) is 6.92 Å². The number of hydrogen-bond acceptors (Lipinski definition) is 2. The second-order valence-electron chi connectivity index (χ2n) is 4.37. The second-order valence-corrected chi connectivity index (χ2v) is 5.23. The van der Waals surface area contributed by atoms with Crippen LogP contribution in [0, 0.1) is 12.7 Å². The van der Waals surface area contributed by atoms with E-state index < -0.39 is 0 Å². The van der Waals surface area contributed by atoms with Crippen molar-refractivity contribution in [2.75, 3.05) is 6.61 Å². The number of ether oxygens (including phenoxy) is 1. The Morgan fingerprint density at radius 3 is 2.45 bits per heavy atom. The van der Waals surface area contributed by atoms with Crippen molar-refractivity contribution in [2.45, 2.75) is 13.8 Å². The van der Waals surface area contributed by atoms with Crippen LogP contribution in [0.4, 0.5) is 4.39 Å². The molecule has 0 spiro atoms. The van der Waals surface area contributed by atoms with Crippen molar-refractivity contribution in [1.82, 2.24) is 0 Å². The summed E-state index contributed by atoms with van der Waals surface area (Å²) in [5.74, 6) is 0.0904. The number of rotatable bonds is 4. The van der Waals surface area contributed by atoms with Gasteiger partial charge in [0.05, 0.1) is 11.1 Å². The third-order valence-electron chi connectivity index (χ3n) is 2.93. The van der Waals surface area contributed by atoms with E-state index in [9.17, 15) is 9.18 Å². The Balaban J connectivity index is 2.33. The average molecular weight is 337 g/mol. The van der Waals surface area contributed by atoms with Gasteiger partial charge in [-0.15, -0.1) is 0 Å². The molecule has 0 aliphatic heterocycles. The molecule has 0 aliphatic rings. The van der Waals surface area contributed by atoms with Gasteiger partial charge in [0.15, 0.2) is 5.78 Å². The molecule has 2 rings (SSSR count). The van der Waals surface area contributed by atoms with E-state index >= 15 is 0 Å². The summed E-state index contributed by atoms with van der Waals surface area (Å²) in [5, 5.41) is 0. The van der Waals surface area contributed by atoms with E-state index in [2.05, 4.69) is 15.9 Å². The van der Waals surface area contributed by atoms with Crippen LogP contribution < -0.4 is 4.74 Å². The Morgan fingerprint density at radius 1 is 1.20 bits per heavy atom. The van der Waals surface area contributed by atoms with Crippen LogP contribution in [0.1, 0.15) is 28.4 Å². The van der Waals surface area contributed by atoms with E-state index in [0.717, 1.165) is 0 Å². The number of halogens is 2. The maximum absolute atomic E-state index is 13.5. The number of carbonyl (C=O) groups excluding carboxylic acids is 1. The maximum Gasteiger partial charge on any atom is 0.193 e. The van der Waals surface area contributed by atoms with Gasteiger partial charge in [0.25, 0.3) is 0 Å². The van der Waals surface area contributed by atoms with E-state index in [-0.39, 0.29) is 11.6 Å². The molecule has 0 atom stereocenters. The minimum absolute atomic E-state index is 0.215. The van der Waals surface area contributed by atoms with Crippen LogP contribution in [0.5, 0.6) is 5.75 Å². The highest BCUT2D eigenvalue weighted by Crippen LogP contribution is 2.27. The number of hydrogen-bond donors (Lipinski definition) is 0. The van der Waals surface area contributed by atoms with E-state index in [0.29, 0.717) is 33.5 Å². The van der Waals surface area contributed by atoms with Crippen molar-refractivity contribution in [1.29, 1.82) is 0 Å². The second kappa shape index (κ2) is 6.18. The molecule has 0 aromatic heterocycles. The Morgan fingerprint density at radius 2 is 1.85 bits per heavy atom. The van der Waals surface area contributed by atoms with Gasteiger partial charge < -0.3 is 4.74 Å². The fraction of sp³-hybridized carbons (Fsp3) is 0.188. The van der Waals surface area contributed by atoms with Crippen LogP contribution in [0.3, 0.4) is 0 Å². The zero-order valence-corrected chi connectivity index (χ0v) is 12.8. The average Bonchev–Trinajstić information content (AvgIpc) is 2.43. The van der Waals surface area contributed by atoms with Crippen molar-refractivity contribution >= 4 is 21.7 Å². The van der Waals surface area contributed by atoms with Crippen molar-refractivity contribution < 1.29 is 13.9 Å². The molecule has 4 heteroatoms. The highest BCUT2D eigenvalue weighted by molar-refractivity contribution is 9.10. The van der Waals surface area contributed by atoms with Gasteiger partial charge in [0.2, 0.25) is 0 Å². The SMILES string of the molecule is CCOc1ccc(C(=O)c2ccc(C)c(F)c2)cc1Br. The van der Waals surface area contributed by atoms with Crippen molar-refractivity contribution in [3.05, 3.63) is 63.4 Å². The normalized spacial score (nSPS) is 10.4. The van der Waals surface area contributed by atoms with Gasteiger partial charge in [-0.25, -0.2) is 4.39 Å². The standard InChI is InChI=1S/C16H14BrFO2/c1-3-20-15-7-6-11(8-13(15)17)16(19)12-5-4-10(2)14(18)9-12/h4-9H,3H2,1-2H3. The summed E-state index contributed by atoms with van der Waals surface area (Å²) in [6.07, 6.45) is 0. The largest absolute Gasteiger partial charge is 0.493 e. The van der Waals surface area contributed by atoms with Crippen LogP contribution in [0.2, 0.25) is 0 Å². The Labute approximate surface area is 125 Å². The predicted octanol–water partition coefficient (Wildman–Crippen LogP) is 4.53. The minimum atomic E-state index is -0.374. The number of ketones is 1. The third-order valence-corrected chi connectivity index (χ3v) is 3.55. The highest BCUT2D eigenvalue weighted by atomic mass is 79.9. The first kappa shape index (κ1) is 14.7.